The summed E-state index contributed by atoms with van der Waals surface area (Å²) in [5.74, 6) is 0. The van der Waals surface area contributed by atoms with Gasteiger partial charge in [-0.3, -0.25) is 0 Å². The first-order chi connectivity index (χ1) is 5.24. The number of hydrogen-bond donors (Lipinski definition) is 1. The maximum atomic E-state index is 5.78. The van der Waals surface area contributed by atoms with E-state index in [9.17, 15) is 0 Å². The molecule has 0 spiro atoms. The Morgan fingerprint density at radius 2 is 2.45 bits per heavy atom. The molecule has 0 fully saturated rings. The van der Waals surface area contributed by atoms with Gasteiger partial charge in [0, 0.05) is 12.2 Å². The van der Waals surface area contributed by atoms with E-state index in [1.807, 2.05) is 13.0 Å². The van der Waals surface area contributed by atoms with Gasteiger partial charge in [0.2, 0.25) is 0 Å². The van der Waals surface area contributed by atoms with Crippen LogP contribution in [0.25, 0.3) is 0 Å². The van der Waals surface area contributed by atoms with Crippen molar-refractivity contribution in [3.63, 3.8) is 0 Å². The second-order valence-electron chi connectivity index (χ2n) is 2.43. The fourth-order valence-corrected chi connectivity index (χ4v) is 1.07. The number of rotatable bonds is 2. The SMILES string of the molecule is CC[C@H](N)c1ccnc(Cl)c1. The number of halogens is 1. The Balaban J connectivity index is 2.86. The second-order valence-corrected chi connectivity index (χ2v) is 2.81. The molecule has 1 aromatic heterocycles. The summed E-state index contributed by atoms with van der Waals surface area (Å²) in [5, 5.41) is 0.506. The molecule has 1 heterocycles. The first-order valence-electron chi connectivity index (χ1n) is 3.61. The average molecular weight is 171 g/mol. The van der Waals surface area contributed by atoms with E-state index >= 15 is 0 Å². The Bertz CT molecular complexity index is 237. The predicted molar refractivity (Wildman–Crippen MR) is 46.5 cm³/mol. The zero-order chi connectivity index (χ0) is 8.27. The highest BCUT2D eigenvalue weighted by Gasteiger charge is 2.02. The van der Waals surface area contributed by atoms with E-state index in [1.165, 1.54) is 0 Å². The molecule has 2 nitrogen and oxygen atoms in total. The highest BCUT2D eigenvalue weighted by Crippen LogP contribution is 2.15. The van der Waals surface area contributed by atoms with Crippen molar-refractivity contribution in [3.8, 4) is 0 Å². The van der Waals surface area contributed by atoms with Crippen molar-refractivity contribution >= 4 is 11.6 Å². The van der Waals surface area contributed by atoms with Gasteiger partial charge in [-0.05, 0) is 24.1 Å². The number of hydrogen-bond acceptors (Lipinski definition) is 2. The van der Waals surface area contributed by atoms with E-state index in [2.05, 4.69) is 4.98 Å². The molecule has 2 N–H and O–H groups in total. The van der Waals surface area contributed by atoms with Gasteiger partial charge in [-0.15, -0.1) is 0 Å². The molecule has 0 bridgehead atoms. The van der Waals surface area contributed by atoms with Crippen LogP contribution >= 0.6 is 11.6 Å². The molecule has 1 atom stereocenters. The molecule has 1 rings (SSSR count). The van der Waals surface area contributed by atoms with Gasteiger partial charge in [-0.2, -0.15) is 0 Å². The van der Waals surface area contributed by atoms with Gasteiger partial charge in [-0.1, -0.05) is 18.5 Å². The van der Waals surface area contributed by atoms with Crippen molar-refractivity contribution in [1.29, 1.82) is 0 Å². The van der Waals surface area contributed by atoms with E-state index in [-0.39, 0.29) is 6.04 Å². The van der Waals surface area contributed by atoms with Crippen LogP contribution in [-0.2, 0) is 0 Å². The zero-order valence-corrected chi connectivity index (χ0v) is 7.17. The molecule has 0 aliphatic rings. The van der Waals surface area contributed by atoms with Crippen LogP contribution < -0.4 is 5.73 Å². The lowest BCUT2D eigenvalue weighted by Crippen LogP contribution is -2.08. The van der Waals surface area contributed by atoms with Crippen LogP contribution in [0.3, 0.4) is 0 Å². The van der Waals surface area contributed by atoms with Crippen molar-refractivity contribution in [1.82, 2.24) is 4.98 Å². The molecule has 0 aliphatic carbocycles. The Hall–Kier alpha value is -0.600. The predicted octanol–water partition coefficient (Wildman–Crippen LogP) is 2.14. The van der Waals surface area contributed by atoms with E-state index in [0.29, 0.717) is 5.15 Å². The van der Waals surface area contributed by atoms with Crippen LogP contribution in [0.1, 0.15) is 24.9 Å². The monoisotopic (exact) mass is 170 g/mol. The molecule has 3 heteroatoms. The second kappa shape index (κ2) is 3.69. The smallest absolute Gasteiger partial charge is 0.129 e. The van der Waals surface area contributed by atoms with Crippen molar-refractivity contribution in [2.24, 2.45) is 5.73 Å². The summed E-state index contributed by atoms with van der Waals surface area (Å²) >= 11 is 5.68. The first-order valence-corrected chi connectivity index (χ1v) is 3.99. The van der Waals surface area contributed by atoms with Gasteiger partial charge >= 0.3 is 0 Å². The highest BCUT2D eigenvalue weighted by molar-refractivity contribution is 6.29. The lowest BCUT2D eigenvalue weighted by molar-refractivity contribution is 0.697. The Labute approximate surface area is 71.4 Å². The van der Waals surface area contributed by atoms with Crippen molar-refractivity contribution in [3.05, 3.63) is 29.0 Å². The Kier molecular flexibility index (Phi) is 2.85. The number of nitrogens with two attached hydrogens (primary N) is 1. The molecule has 11 heavy (non-hydrogen) atoms. The normalized spacial score (nSPS) is 13.0. The van der Waals surface area contributed by atoms with Crippen molar-refractivity contribution in [2.75, 3.05) is 0 Å². The van der Waals surface area contributed by atoms with Crippen LogP contribution in [0.4, 0.5) is 0 Å². The summed E-state index contributed by atoms with van der Waals surface area (Å²) in [6.45, 7) is 2.04. The third kappa shape index (κ3) is 2.17. The number of aromatic nitrogens is 1. The molecular weight excluding hydrogens is 160 g/mol. The largest absolute Gasteiger partial charge is 0.324 e. The molecular formula is C8H11ClN2. The third-order valence-electron chi connectivity index (χ3n) is 1.62. The van der Waals surface area contributed by atoms with Crippen molar-refractivity contribution < 1.29 is 0 Å². The summed E-state index contributed by atoms with van der Waals surface area (Å²) in [6.07, 6.45) is 2.59. The molecule has 0 saturated heterocycles. The van der Waals surface area contributed by atoms with Gasteiger partial charge in [-0.25, -0.2) is 4.98 Å². The fraction of sp³-hybridized carbons (Fsp3) is 0.375. The topological polar surface area (TPSA) is 38.9 Å². The van der Waals surface area contributed by atoms with E-state index in [0.717, 1.165) is 12.0 Å². The minimum Gasteiger partial charge on any atom is -0.324 e. The molecule has 0 radical (unpaired) electrons. The fourth-order valence-electron chi connectivity index (χ4n) is 0.884. The summed E-state index contributed by atoms with van der Waals surface area (Å²) in [7, 11) is 0. The van der Waals surface area contributed by atoms with Crippen LogP contribution in [0.5, 0.6) is 0 Å². The molecule has 60 valence electrons. The van der Waals surface area contributed by atoms with E-state index in [4.69, 9.17) is 17.3 Å². The molecule has 0 unspecified atom stereocenters. The van der Waals surface area contributed by atoms with Gasteiger partial charge in [0.25, 0.3) is 0 Å². The summed E-state index contributed by atoms with van der Waals surface area (Å²) < 4.78 is 0. The number of nitrogens with zero attached hydrogens (tertiary/aromatic N) is 1. The molecule has 0 saturated carbocycles. The van der Waals surface area contributed by atoms with E-state index in [1.54, 1.807) is 12.3 Å². The lowest BCUT2D eigenvalue weighted by atomic mass is 10.1. The Morgan fingerprint density at radius 3 is 3.00 bits per heavy atom. The molecule has 1 aromatic rings. The van der Waals surface area contributed by atoms with Crippen molar-refractivity contribution in [2.45, 2.75) is 19.4 Å². The molecule has 0 aromatic carbocycles. The lowest BCUT2D eigenvalue weighted by Gasteiger charge is -2.07. The summed E-state index contributed by atoms with van der Waals surface area (Å²) in [5.41, 5.74) is 6.83. The standard InChI is InChI=1S/C8H11ClN2/c1-2-7(10)6-3-4-11-8(9)5-6/h3-5,7H,2,10H2,1H3/t7-/m0/s1. The number of pyridine rings is 1. The zero-order valence-electron chi connectivity index (χ0n) is 6.42. The first kappa shape index (κ1) is 8.50. The van der Waals surface area contributed by atoms with Gasteiger partial charge < -0.3 is 5.73 Å². The highest BCUT2D eigenvalue weighted by atomic mass is 35.5. The van der Waals surface area contributed by atoms with Gasteiger partial charge in [0.1, 0.15) is 5.15 Å². The maximum Gasteiger partial charge on any atom is 0.129 e. The minimum absolute atomic E-state index is 0.0792. The summed E-state index contributed by atoms with van der Waals surface area (Å²) in [6, 6.07) is 3.77. The van der Waals surface area contributed by atoms with Crippen LogP contribution in [0, 0.1) is 0 Å². The van der Waals surface area contributed by atoms with E-state index < -0.39 is 0 Å². The van der Waals surface area contributed by atoms with Crippen LogP contribution in [0.15, 0.2) is 18.3 Å². The molecule has 0 amide bonds. The molecule has 0 aliphatic heterocycles. The van der Waals surface area contributed by atoms with Crippen LogP contribution in [-0.4, -0.2) is 4.98 Å². The Morgan fingerprint density at radius 1 is 1.73 bits per heavy atom. The third-order valence-corrected chi connectivity index (χ3v) is 1.83. The quantitative estimate of drug-likeness (QED) is 0.691. The average Bonchev–Trinajstić information content (AvgIpc) is 2.03. The van der Waals surface area contributed by atoms with Gasteiger partial charge in [0.15, 0.2) is 0 Å². The minimum atomic E-state index is 0.0792. The van der Waals surface area contributed by atoms with Gasteiger partial charge in [0.05, 0.1) is 0 Å². The summed E-state index contributed by atoms with van der Waals surface area (Å²) in [4.78, 5) is 3.87. The van der Waals surface area contributed by atoms with Crippen LogP contribution in [0.2, 0.25) is 5.15 Å². The maximum absolute atomic E-state index is 5.78.